The van der Waals surface area contributed by atoms with Gasteiger partial charge in [-0.2, -0.15) is 0 Å². The molecule has 1 aliphatic carbocycles. The highest BCUT2D eigenvalue weighted by molar-refractivity contribution is 9.10. The maximum Gasteiger partial charge on any atom is 0.326 e. The molecule has 7 heteroatoms. The first kappa shape index (κ1) is 23.8. The van der Waals surface area contributed by atoms with Crippen LogP contribution >= 0.6 is 15.9 Å². The Balaban J connectivity index is 0.000000367. The fourth-order valence-electron chi connectivity index (χ4n) is 3.54. The molecule has 2 fully saturated rings. The van der Waals surface area contributed by atoms with Crippen molar-refractivity contribution in [2.45, 2.75) is 58.5 Å². The first-order valence-electron chi connectivity index (χ1n) is 10.8. The topological polar surface area (TPSA) is 70.1 Å². The predicted octanol–water partition coefficient (Wildman–Crippen LogP) is 3.96. The zero-order chi connectivity index (χ0) is 21.4. The van der Waals surface area contributed by atoms with Gasteiger partial charge >= 0.3 is 5.69 Å². The van der Waals surface area contributed by atoms with Crippen LogP contribution in [-0.2, 0) is 4.79 Å². The first-order chi connectivity index (χ1) is 14.0. The lowest BCUT2D eigenvalue weighted by atomic mass is 10.0. The molecule has 2 aromatic rings. The molecule has 0 radical (unpaired) electrons. The third-order valence-electron chi connectivity index (χ3n) is 5.44. The average molecular weight is 467 g/mol. The maximum absolute atomic E-state index is 12.3. The third kappa shape index (κ3) is 6.79. The highest BCUT2D eigenvalue weighted by Gasteiger charge is 2.24. The number of aromatic nitrogens is 2. The molecule has 1 aliphatic heterocycles. The molecule has 1 unspecified atom stereocenters. The monoisotopic (exact) mass is 466 g/mol. The summed E-state index contributed by atoms with van der Waals surface area (Å²) >= 11 is 3.46. The fourth-order valence-corrected chi connectivity index (χ4v) is 3.90. The molecular formula is C22H35BrN4O2. The molecule has 1 saturated heterocycles. The molecule has 0 amide bonds. The van der Waals surface area contributed by atoms with Gasteiger partial charge < -0.3 is 20.0 Å². The molecule has 29 heavy (non-hydrogen) atoms. The summed E-state index contributed by atoms with van der Waals surface area (Å²) in [7, 11) is 2.00. The van der Waals surface area contributed by atoms with E-state index in [1.807, 2.05) is 43.7 Å². The largest absolute Gasteiger partial charge is 0.326 e. The summed E-state index contributed by atoms with van der Waals surface area (Å²) in [5.41, 5.74) is 1.93. The van der Waals surface area contributed by atoms with Crippen molar-refractivity contribution in [1.82, 2.24) is 19.8 Å². The second-order valence-corrected chi connectivity index (χ2v) is 8.57. The van der Waals surface area contributed by atoms with E-state index in [-0.39, 0.29) is 5.69 Å². The number of H-pyrrole nitrogens is 1. The third-order valence-corrected chi connectivity index (χ3v) is 5.93. The molecule has 6 nitrogen and oxygen atoms in total. The van der Waals surface area contributed by atoms with Gasteiger partial charge in [-0.15, -0.1) is 0 Å². The van der Waals surface area contributed by atoms with Gasteiger partial charge in [0, 0.05) is 42.1 Å². The Hall–Kier alpha value is -1.44. The van der Waals surface area contributed by atoms with Crippen molar-refractivity contribution in [3.8, 4) is 0 Å². The number of likely N-dealkylation sites (tertiary alicyclic amines) is 1. The summed E-state index contributed by atoms with van der Waals surface area (Å²) in [5.74, 6) is 0.454. The second kappa shape index (κ2) is 11.7. The van der Waals surface area contributed by atoms with Crippen LogP contribution in [0.2, 0.25) is 0 Å². The van der Waals surface area contributed by atoms with Crippen LogP contribution in [0.25, 0.3) is 11.0 Å². The highest BCUT2D eigenvalue weighted by atomic mass is 79.9. The van der Waals surface area contributed by atoms with E-state index >= 15 is 0 Å². The van der Waals surface area contributed by atoms with Crippen molar-refractivity contribution in [2.24, 2.45) is 5.92 Å². The standard InChI is InChI=1S/C16H23BrN4O.C4H6O.C2H6/c1-11(18-2)10-20-7-5-13(6-8-20)21-15-4-3-12(17)9-14(15)19-16(21)22;5-3-4-1-2-4;1-2/h3-4,9,11,13,18H,5-8,10H2,1-2H3,(H,19,22);3-4H,1-2H2;1-2H3. The van der Waals surface area contributed by atoms with Crippen LogP contribution in [0.15, 0.2) is 27.5 Å². The Kier molecular flexibility index (Phi) is 9.59. The summed E-state index contributed by atoms with van der Waals surface area (Å²) in [6.45, 7) is 9.37. The molecule has 1 aromatic heterocycles. The highest BCUT2D eigenvalue weighted by Crippen LogP contribution is 2.26. The molecule has 2 aliphatic rings. The van der Waals surface area contributed by atoms with Crippen LogP contribution in [0.1, 0.15) is 52.5 Å². The van der Waals surface area contributed by atoms with E-state index in [1.165, 1.54) is 0 Å². The van der Waals surface area contributed by atoms with Crippen molar-refractivity contribution >= 4 is 33.2 Å². The second-order valence-electron chi connectivity index (χ2n) is 7.66. The van der Waals surface area contributed by atoms with Gasteiger partial charge in [0.2, 0.25) is 0 Å². The molecule has 4 rings (SSSR count). The summed E-state index contributed by atoms with van der Waals surface area (Å²) in [5, 5.41) is 3.28. The number of rotatable bonds is 5. The zero-order valence-corrected chi connectivity index (χ0v) is 19.7. The normalized spacial score (nSPS) is 18.4. The number of imidazole rings is 1. The van der Waals surface area contributed by atoms with Crippen LogP contribution in [0.5, 0.6) is 0 Å². The van der Waals surface area contributed by atoms with E-state index in [2.05, 4.69) is 38.1 Å². The summed E-state index contributed by atoms with van der Waals surface area (Å²) in [6.07, 6.45) is 5.37. The molecule has 2 N–H and O–H groups in total. The number of aldehydes is 1. The number of nitrogens with one attached hydrogen (secondary N) is 2. The number of benzene rings is 1. The van der Waals surface area contributed by atoms with E-state index in [0.29, 0.717) is 18.0 Å². The molecule has 162 valence electrons. The molecule has 0 bridgehead atoms. The van der Waals surface area contributed by atoms with Crippen LogP contribution < -0.4 is 11.0 Å². The minimum Gasteiger partial charge on any atom is -0.316 e. The van der Waals surface area contributed by atoms with Gasteiger partial charge in [0.05, 0.1) is 11.0 Å². The lowest BCUT2D eigenvalue weighted by Crippen LogP contribution is -2.43. The van der Waals surface area contributed by atoms with Crippen molar-refractivity contribution in [3.05, 3.63) is 33.2 Å². The number of carbonyl (C=O) groups excluding carboxylic acids is 1. The van der Waals surface area contributed by atoms with Gasteiger partial charge in [-0.05, 0) is 57.9 Å². The number of aromatic amines is 1. The van der Waals surface area contributed by atoms with E-state index in [1.54, 1.807) is 0 Å². The number of hydrogen-bond acceptors (Lipinski definition) is 4. The molecule has 1 aromatic carbocycles. The SMILES string of the molecule is CC.CNC(C)CN1CCC(n2c(=O)[nH]c3cc(Br)ccc32)CC1.O=CC1CC1. The molecule has 1 saturated carbocycles. The summed E-state index contributed by atoms with van der Waals surface area (Å²) in [6, 6.07) is 6.79. The predicted molar refractivity (Wildman–Crippen MR) is 124 cm³/mol. The van der Waals surface area contributed by atoms with Gasteiger partial charge in [-0.1, -0.05) is 29.8 Å². The van der Waals surface area contributed by atoms with Gasteiger partial charge in [0.15, 0.2) is 0 Å². The number of hydrogen-bond donors (Lipinski definition) is 2. The molecule has 0 spiro atoms. The van der Waals surface area contributed by atoms with Gasteiger partial charge in [-0.25, -0.2) is 4.79 Å². The van der Waals surface area contributed by atoms with Gasteiger partial charge in [-0.3, -0.25) is 4.57 Å². The number of halogens is 1. The minimum atomic E-state index is 0.00939. The fraction of sp³-hybridized carbons (Fsp3) is 0.636. The van der Waals surface area contributed by atoms with Crippen molar-refractivity contribution in [1.29, 1.82) is 0 Å². The number of carbonyl (C=O) groups is 1. The number of fused-ring (bicyclic) bond motifs is 1. The van der Waals surface area contributed by atoms with E-state index < -0.39 is 0 Å². The Bertz CT molecular complexity index is 820. The van der Waals surface area contributed by atoms with Crippen LogP contribution in [0.4, 0.5) is 0 Å². The van der Waals surface area contributed by atoms with Gasteiger partial charge in [0.25, 0.3) is 0 Å². The van der Waals surface area contributed by atoms with E-state index in [9.17, 15) is 9.59 Å². The quantitative estimate of drug-likeness (QED) is 0.654. The molecule has 2 heterocycles. The number of piperidine rings is 1. The smallest absolute Gasteiger partial charge is 0.316 e. The Labute approximate surface area is 182 Å². The van der Waals surface area contributed by atoms with Crippen LogP contribution in [0.3, 0.4) is 0 Å². The van der Waals surface area contributed by atoms with E-state index in [0.717, 1.165) is 67.1 Å². The average Bonchev–Trinajstić information content (AvgIpc) is 3.52. The lowest BCUT2D eigenvalue weighted by molar-refractivity contribution is -0.108. The molecular weight excluding hydrogens is 432 g/mol. The Morgan fingerprint density at radius 1 is 1.24 bits per heavy atom. The summed E-state index contributed by atoms with van der Waals surface area (Å²) in [4.78, 5) is 27.3. The summed E-state index contributed by atoms with van der Waals surface area (Å²) < 4.78 is 2.94. The number of likely N-dealkylation sites (N-methyl/N-ethyl adjacent to an activating group) is 1. The van der Waals surface area contributed by atoms with Crippen molar-refractivity contribution in [3.63, 3.8) is 0 Å². The van der Waals surface area contributed by atoms with E-state index in [4.69, 9.17) is 0 Å². The Morgan fingerprint density at radius 2 is 1.90 bits per heavy atom. The first-order valence-corrected chi connectivity index (χ1v) is 11.6. The Morgan fingerprint density at radius 3 is 2.41 bits per heavy atom. The zero-order valence-electron chi connectivity index (χ0n) is 18.1. The van der Waals surface area contributed by atoms with Crippen molar-refractivity contribution in [2.75, 3.05) is 26.7 Å². The van der Waals surface area contributed by atoms with Crippen LogP contribution in [-0.4, -0.2) is 53.5 Å². The lowest BCUT2D eigenvalue weighted by Gasteiger charge is -2.33. The minimum absolute atomic E-state index is 0.00939. The number of nitrogens with zero attached hydrogens (tertiary/aromatic N) is 2. The van der Waals surface area contributed by atoms with Gasteiger partial charge in [0.1, 0.15) is 6.29 Å². The maximum atomic E-state index is 12.3. The van der Waals surface area contributed by atoms with Crippen molar-refractivity contribution < 1.29 is 4.79 Å². The van der Waals surface area contributed by atoms with Crippen LogP contribution in [0, 0.1) is 5.92 Å². The molecule has 1 atom stereocenters.